The zero-order valence-corrected chi connectivity index (χ0v) is 16.0. The van der Waals surface area contributed by atoms with Gasteiger partial charge in [0.25, 0.3) is 0 Å². The number of fused-ring (bicyclic) bond motifs is 1. The van der Waals surface area contributed by atoms with Crippen LogP contribution in [-0.4, -0.2) is 10.9 Å². The average molecular weight is 379 g/mol. The van der Waals surface area contributed by atoms with Gasteiger partial charge in [-0.05, 0) is 79.5 Å². The van der Waals surface area contributed by atoms with Gasteiger partial charge in [-0.25, -0.2) is 0 Å². The molecule has 0 bridgehead atoms. The summed E-state index contributed by atoms with van der Waals surface area (Å²) in [7, 11) is 0. The van der Waals surface area contributed by atoms with Crippen LogP contribution in [0.5, 0.6) is 0 Å². The van der Waals surface area contributed by atoms with E-state index in [-0.39, 0.29) is 5.91 Å². The van der Waals surface area contributed by atoms with Crippen molar-refractivity contribution in [3.05, 3.63) is 71.4 Å². The van der Waals surface area contributed by atoms with E-state index in [2.05, 4.69) is 34.6 Å². The minimum Gasteiger partial charge on any atom is -0.326 e. The van der Waals surface area contributed by atoms with Crippen molar-refractivity contribution in [3.8, 4) is 0 Å². The van der Waals surface area contributed by atoms with E-state index >= 15 is 0 Å². The van der Waals surface area contributed by atoms with Crippen LogP contribution in [0.3, 0.4) is 0 Å². The zero-order valence-electron chi connectivity index (χ0n) is 15.2. The first-order valence-corrected chi connectivity index (χ1v) is 9.96. The number of halogens is 1. The van der Waals surface area contributed by atoms with Gasteiger partial charge in [0.15, 0.2) is 0 Å². The fourth-order valence-corrected chi connectivity index (χ4v) is 4.28. The lowest BCUT2D eigenvalue weighted by atomic mass is 9.77. The predicted octanol–water partition coefficient (Wildman–Crippen LogP) is 6.19. The maximum atomic E-state index is 12.3. The number of carbonyl (C=O) groups excluding carboxylic acids is 1. The van der Waals surface area contributed by atoms with Crippen LogP contribution in [0.15, 0.2) is 60.8 Å². The molecule has 1 amide bonds. The third kappa shape index (κ3) is 4.30. The Kier molecular flexibility index (Phi) is 5.40. The van der Waals surface area contributed by atoms with Crippen molar-refractivity contribution >= 4 is 34.1 Å². The minimum atomic E-state index is 0.0927. The second-order valence-electron chi connectivity index (χ2n) is 7.39. The van der Waals surface area contributed by atoms with Crippen molar-refractivity contribution in [2.24, 2.45) is 5.92 Å². The molecular formula is C23H23ClN2O. The van der Waals surface area contributed by atoms with Crippen LogP contribution in [0.1, 0.15) is 43.6 Å². The molecule has 1 saturated carbocycles. The topological polar surface area (TPSA) is 42.0 Å². The van der Waals surface area contributed by atoms with E-state index in [4.69, 9.17) is 11.6 Å². The number of nitrogens with one attached hydrogen (secondary N) is 1. The van der Waals surface area contributed by atoms with Gasteiger partial charge in [0.1, 0.15) is 0 Å². The standard InChI is InChI=1S/C23H23ClN2O/c24-18-9-11-19(12-10-18)26-23(27)15-16-5-7-17(8-6-16)20-13-14-25-22-4-2-1-3-21(20)22/h1-4,9-14,16-17H,5-8,15H2,(H,26,27)/t16-,17-. The highest BCUT2D eigenvalue weighted by molar-refractivity contribution is 6.30. The van der Waals surface area contributed by atoms with Crippen LogP contribution in [0.25, 0.3) is 10.9 Å². The molecule has 3 aromatic rings. The first-order chi connectivity index (χ1) is 13.2. The number of aromatic nitrogens is 1. The molecular weight excluding hydrogens is 356 g/mol. The van der Waals surface area contributed by atoms with E-state index in [1.807, 2.05) is 24.4 Å². The van der Waals surface area contributed by atoms with Gasteiger partial charge in [-0.1, -0.05) is 29.8 Å². The van der Waals surface area contributed by atoms with Gasteiger partial charge in [-0.2, -0.15) is 0 Å². The molecule has 1 heterocycles. The quantitative estimate of drug-likeness (QED) is 0.588. The molecule has 1 N–H and O–H groups in total. The maximum Gasteiger partial charge on any atom is 0.224 e. The summed E-state index contributed by atoms with van der Waals surface area (Å²) in [6.07, 6.45) is 6.96. The van der Waals surface area contributed by atoms with Crippen LogP contribution < -0.4 is 5.32 Å². The van der Waals surface area contributed by atoms with Gasteiger partial charge in [-0.3, -0.25) is 9.78 Å². The third-order valence-corrected chi connectivity index (χ3v) is 5.82. The van der Waals surface area contributed by atoms with Crippen LogP contribution in [-0.2, 0) is 4.79 Å². The van der Waals surface area contributed by atoms with E-state index in [9.17, 15) is 4.79 Å². The molecule has 0 radical (unpaired) electrons. The Morgan fingerprint density at radius 1 is 1.00 bits per heavy atom. The number of anilines is 1. The summed E-state index contributed by atoms with van der Waals surface area (Å²) in [6, 6.07) is 17.8. The molecule has 0 atom stereocenters. The SMILES string of the molecule is O=C(C[C@H]1CC[C@H](c2ccnc3ccccc32)CC1)Nc1ccc(Cl)cc1. The molecule has 1 aliphatic carbocycles. The summed E-state index contributed by atoms with van der Waals surface area (Å²) in [4.78, 5) is 16.8. The molecule has 3 nitrogen and oxygen atoms in total. The highest BCUT2D eigenvalue weighted by Crippen LogP contribution is 2.39. The molecule has 0 unspecified atom stereocenters. The molecule has 0 aliphatic heterocycles. The lowest BCUT2D eigenvalue weighted by Crippen LogP contribution is -2.20. The van der Waals surface area contributed by atoms with Crippen LogP contribution in [0, 0.1) is 5.92 Å². The predicted molar refractivity (Wildman–Crippen MR) is 111 cm³/mol. The Balaban J connectivity index is 1.34. The lowest BCUT2D eigenvalue weighted by molar-refractivity contribution is -0.117. The summed E-state index contributed by atoms with van der Waals surface area (Å²) < 4.78 is 0. The number of benzene rings is 2. The maximum absolute atomic E-state index is 12.3. The molecule has 1 aliphatic rings. The van der Waals surface area contributed by atoms with E-state index in [0.717, 1.165) is 36.9 Å². The Hall–Kier alpha value is -2.39. The lowest BCUT2D eigenvalue weighted by Gasteiger charge is -2.29. The molecule has 1 fully saturated rings. The molecule has 27 heavy (non-hydrogen) atoms. The Labute approximate surface area is 164 Å². The number of hydrogen-bond acceptors (Lipinski definition) is 2. The number of hydrogen-bond donors (Lipinski definition) is 1. The second kappa shape index (κ2) is 8.10. The fraction of sp³-hybridized carbons (Fsp3) is 0.304. The highest BCUT2D eigenvalue weighted by Gasteiger charge is 2.25. The fourth-order valence-electron chi connectivity index (χ4n) is 4.16. The highest BCUT2D eigenvalue weighted by atomic mass is 35.5. The number of para-hydroxylation sites is 1. The van der Waals surface area contributed by atoms with E-state index in [1.165, 1.54) is 10.9 Å². The van der Waals surface area contributed by atoms with Crippen molar-refractivity contribution in [1.29, 1.82) is 0 Å². The number of nitrogens with zero attached hydrogens (tertiary/aromatic N) is 1. The van der Waals surface area contributed by atoms with Gasteiger partial charge in [0, 0.05) is 28.7 Å². The largest absolute Gasteiger partial charge is 0.326 e. The first-order valence-electron chi connectivity index (χ1n) is 9.58. The Morgan fingerprint density at radius 2 is 1.74 bits per heavy atom. The van der Waals surface area contributed by atoms with Crippen molar-refractivity contribution in [2.45, 2.75) is 38.0 Å². The first kappa shape index (κ1) is 18.0. The van der Waals surface area contributed by atoms with Gasteiger partial charge in [0.05, 0.1) is 5.52 Å². The van der Waals surface area contributed by atoms with Crippen molar-refractivity contribution < 1.29 is 4.79 Å². The molecule has 138 valence electrons. The smallest absolute Gasteiger partial charge is 0.224 e. The summed E-state index contributed by atoms with van der Waals surface area (Å²) in [5, 5.41) is 4.92. The van der Waals surface area contributed by atoms with Crippen LogP contribution in [0.2, 0.25) is 5.02 Å². The molecule has 1 aromatic heterocycles. The molecule has 0 spiro atoms. The minimum absolute atomic E-state index is 0.0927. The summed E-state index contributed by atoms with van der Waals surface area (Å²) in [6.45, 7) is 0. The zero-order chi connectivity index (χ0) is 18.6. The molecule has 0 saturated heterocycles. The molecule has 4 heteroatoms. The summed E-state index contributed by atoms with van der Waals surface area (Å²) in [5.74, 6) is 1.12. The van der Waals surface area contributed by atoms with Gasteiger partial charge in [0.2, 0.25) is 5.91 Å². The van der Waals surface area contributed by atoms with E-state index in [1.54, 1.807) is 12.1 Å². The normalized spacial score (nSPS) is 19.7. The number of amides is 1. The van der Waals surface area contributed by atoms with Gasteiger partial charge in [-0.15, -0.1) is 0 Å². The average Bonchev–Trinajstić information content (AvgIpc) is 2.70. The number of rotatable bonds is 4. The van der Waals surface area contributed by atoms with Crippen molar-refractivity contribution in [2.75, 3.05) is 5.32 Å². The summed E-state index contributed by atoms with van der Waals surface area (Å²) in [5.41, 5.74) is 3.28. The second-order valence-corrected chi connectivity index (χ2v) is 7.83. The monoisotopic (exact) mass is 378 g/mol. The summed E-state index contributed by atoms with van der Waals surface area (Å²) >= 11 is 5.89. The van der Waals surface area contributed by atoms with Crippen molar-refractivity contribution in [3.63, 3.8) is 0 Å². The Morgan fingerprint density at radius 3 is 2.52 bits per heavy atom. The number of pyridine rings is 1. The van der Waals surface area contributed by atoms with E-state index < -0.39 is 0 Å². The van der Waals surface area contributed by atoms with Crippen LogP contribution >= 0.6 is 11.6 Å². The number of carbonyl (C=O) groups is 1. The van der Waals surface area contributed by atoms with E-state index in [0.29, 0.717) is 23.3 Å². The third-order valence-electron chi connectivity index (χ3n) is 5.57. The molecule has 4 rings (SSSR count). The van der Waals surface area contributed by atoms with Gasteiger partial charge < -0.3 is 5.32 Å². The molecule has 2 aromatic carbocycles. The van der Waals surface area contributed by atoms with Crippen molar-refractivity contribution in [1.82, 2.24) is 4.98 Å². The van der Waals surface area contributed by atoms with Crippen LogP contribution in [0.4, 0.5) is 5.69 Å². The Bertz CT molecular complexity index is 925. The van der Waals surface area contributed by atoms with Gasteiger partial charge >= 0.3 is 0 Å².